The fourth-order valence-electron chi connectivity index (χ4n) is 3.93. The molecule has 0 bridgehead atoms. The fraction of sp³-hybridized carbons (Fsp3) is 0.304. The van der Waals surface area contributed by atoms with Gasteiger partial charge in [-0.2, -0.15) is 0 Å². The predicted octanol–water partition coefficient (Wildman–Crippen LogP) is 4.81. The van der Waals surface area contributed by atoms with E-state index in [4.69, 9.17) is 4.74 Å². The zero-order valence-electron chi connectivity index (χ0n) is 16.3. The third-order valence-corrected chi connectivity index (χ3v) is 5.33. The molecule has 4 rings (SSSR count). The number of rotatable bonds is 6. The number of hydrogen-bond donors (Lipinski definition) is 3. The van der Waals surface area contributed by atoms with E-state index >= 15 is 0 Å². The maximum Gasteiger partial charge on any atom is 0.138 e. The second-order valence-electron chi connectivity index (χ2n) is 7.30. The second-order valence-corrected chi connectivity index (χ2v) is 7.30. The van der Waals surface area contributed by atoms with Crippen LogP contribution < -0.4 is 20.7 Å². The minimum Gasteiger partial charge on any atom is -0.496 e. The van der Waals surface area contributed by atoms with Crippen molar-refractivity contribution in [3.63, 3.8) is 0 Å². The summed E-state index contributed by atoms with van der Waals surface area (Å²) in [5.41, 5.74) is 6.99. The Balaban J connectivity index is 1.47. The molecule has 2 aromatic carbocycles. The molecule has 0 aliphatic carbocycles. The molecule has 1 unspecified atom stereocenters. The van der Waals surface area contributed by atoms with Gasteiger partial charge in [0.25, 0.3) is 0 Å². The summed E-state index contributed by atoms with van der Waals surface area (Å²) in [6, 6.07) is 12.7. The fourth-order valence-corrected chi connectivity index (χ4v) is 3.93. The molecule has 0 radical (unpaired) electrons. The lowest BCUT2D eigenvalue weighted by atomic mass is 9.91. The van der Waals surface area contributed by atoms with Crippen LogP contribution in [0.3, 0.4) is 0 Å². The third kappa shape index (κ3) is 3.76. The Labute approximate surface area is 165 Å². The first-order chi connectivity index (χ1) is 13.7. The van der Waals surface area contributed by atoms with E-state index in [1.54, 1.807) is 13.2 Å². The molecule has 0 spiro atoms. The average molecular weight is 379 g/mol. The van der Waals surface area contributed by atoms with Crippen LogP contribution in [-0.4, -0.2) is 20.2 Å². The quantitative estimate of drug-likeness (QED) is 0.631. The van der Waals surface area contributed by atoms with Gasteiger partial charge in [0, 0.05) is 30.1 Å². The van der Waals surface area contributed by atoms with Crippen LogP contribution in [-0.2, 0) is 0 Å². The number of anilines is 1. The summed E-state index contributed by atoms with van der Waals surface area (Å²) < 4.78 is 18.8. The lowest BCUT2D eigenvalue weighted by molar-refractivity contribution is 0.412. The third-order valence-electron chi connectivity index (χ3n) is 5.33. The van der Waals surface area contributed by atoms with Gasteiger partial charge in [-0.15, -0.1) is 0 Å². The van der Waals surface area contributed by atoms with Crippen LogP contribution in [0.4, 0.5) is 10.1 Å². The first-order valence-electron chi connectivity index (χ1n) is 9.72. The van der Waals surface area contributed by atoms with E-state index in [0.29, 0.717) is 0 Å². The maximum absolute atomic E-state index is 13.3. The van der Waals surface area contributed by atoms with Crippen molar-refractivity contribution in [2.45, 2.75) is 25.9 Å². The van der Waals surface area contributed by atoms with Crippen LogP contribution in [0.25, 0.3) is 11.1 Å². The first kappa shape index (κ1) is 18.6. The van der Waals surface area contributed by atoms with Gasteiger partial charge < -0.3 is 15.4 Å². The van der Waals surface area contributed by atoms with E-state index in [9.17, 15) is 4.39 Å². The highest BCUT2D eigenvalue weighted by Crippen LogP contribution is 2.42. The van der Waals surface area contributed by atoms with Crippen LogP contribution in [0.1, 0.15) is 30.1 Å². The number of nitrogens with one attached hydrogen (secondary N) is 3. The van der Waals surface area contributed by atoms with Gasteiger partial charge in [0.05, 0.1) is 7.11 Å². The molecule has 0 saturated carbocycles. The number of ether oxygens (including phenoxy) is 1. The minimum atomic E-state index is -0.196. The standard InChI is InChI=1S/C23H26FN3O/c1-15-10-20-18-7-3-4-8-19(18)23(27-21(20)12-22(15)28-2)26-9-5-6-16-11-17(24)14-25-13-16/h3-4,7-8,10-12,14,23,25-27H,5-6,9,13H2,1-2H3. The molecule has 3 N–H and O–H groups in total. The van der Waals surface area contributed by atoms with E-state index in [2.05, 4.69) is 59.3 Å². The topological polar surface area (TPSA) is 45.3 Å². The molecule has 28 heavy (non-hydrogen) atoms. The van der Waals surface area contributed by atoms with Crippen LogP contribution in [0.15, 0.2) is 60.1 Å². The average Bonchev–Trinajstić information content (AvgIpc) is 2.71. The number of halogens is 1. The molecular weight excluding hydrogens is 353 g/mol. The Morgan fingerprint density at radius 2 is 2.07 bits per heavy atom. The summed E-state index contributed by atoms with van der Waals surface area (Å²) in [6.07, 6.45) is 4.91. The van der Waals surface area contributed by atoms with Crippen LogP contribution in [0, 0.1) is 6.92 Å². The van der Waals surface area contributed by atoms with Crippen molar-refractivity contribution < 1.29 is 9.13 Å². The number of hydrogen-bond acceptors (Lipinski definition) is 4. The second kappa shape index (κ2) is 8.07. The number of dihydropyridines is 1. The van der Waals surface area contributed by atoms with Gasteiger partial charge in [0.15, 0.2) is 0 Å². The Morgan fingerprint density at radius 3 is 2.89 bits per heavy atom. The van der Waals surface area contributed by atoms with E-state index < -0.39 is 0 Å². The summed E-state index contributed by atoms with van der Waals surface area (Å²) in [7, 11) is 1.70. The van der Waals surface area contributed by atoms with Crippen molar-refractivity contribution in [3.05, 3.63) is 71.2 Å². The molecule has 5 heteroatoms. The summed E-state index contributed by atoms with van der Waals surface area (Å²) >= 11 is 0. The normalized spacial score (nSPS) is 17.5. The van der Waals surface area contributed by atoms with Gasteiger partial charge in [0.1, 0.15) is 17.7 Å². The van der Waals surface area contributed by atoms with Crippen molar-refractivity contribution in [2.75, 3.05) is 25.5 Å². The zero-order chi connectivity index (χ0) is 19.5. The molecule has 0 saturated heterocycles. The molecule has 146 valence electrons. The number of fused-ring (bicyclic) bond motifs is 3. The van der Waals surface area contributed by atoms with E-state index in [-0.39, 0.29) is 12.0 Å². The molecular formula is C23H26FN3O. The Hall–Kier alpha value is -2.79. The lowest BCUT2D eigenvalue weighted by Crippen LogP contribution is -2.31. The summed E-state index contributed by atoms with van der Waals surface area (Å²) in [4.78, 5) is 0. The molecule has 2 aliphatic rings. The lowest BCUT2D eigenvalue weighted by Gasteiger charge is -2.31. The SMILES string of the molecule is COc1cc2c(cc1C)-c1ccccc1C(NCCCC1=CC(F)=CNC1)N2. The minimum absolute atomic E-state index is 0.0335. The molecule has 2 aliphatic heterocycles. The van der Waals surface area contributed by atoms with E-state index in [1.165, 1.54) is 22.9 Å². The van der Waals surface area contributed by atoms with E-state index in [0.717, 1.165) is 48.5 Å². The summed E-state index contributed by atoms with van der Waals surface area (Å²) in [5, 5.41) is 10.2. The number of benzene rings is 2. The molecule has 1 atom stereocenters. The molecule has 2 heterocycles. The first-order valence-corrected chi connectivity index (χ1v) is 9.72. The Morgan fingerprint density at radius 1 is 1.21 bits per heavy atom. The van der Waals surface area contributed by atoms with Crippen molar-refractivity contribution in [1.29, 1.82) is 0 Å². The van der Waals surface area contributed by atoms with Gasteiger partial charge in [0.2, 0.25) is 0 Å². The highest BCUT2D eigenvalue weighted by atomic mass is 19.1. The highest BCUT2D eigenvalue weighted by Gasteiger charge is 2.24. The number of methoxy groups -OCH3 is 1. The molecule has 0 amide bonds. The Kier molecular flexibility index (Phi) is 5.35. The van der Waals surface area contributed by atoms with Crippen molar-refractivity contribution in [1.82, 2.24) is 10.6 Å². The smallest absolute Gasteiger partial charge is 0.138 e. The van der Waals surface area contributed by atoms with Crippen molar-refractivity contribution >= 4 is 5.69 Å². The monoisotopic (exact) mass is 379 g/mol. The van der Waals surface area contributed by atoms with Crippen molar-refractivity contribution in [2.24, 2.45) is 0 Å². The number of aryl methyl sites for hydroxylation is 1. The van der Waals surface area contributed by atoms with Gasteiger partial charge in [-0.1, -0.05) is 24.3 Å². The van der Waals surface area contributed by atoms with Crippen molar-refractivity contribution in [3.8, 4) is 16.9 Å². The van der Waals surface area contributed by atoms with E-state index in [1.807, 2.05) is 0 Å². The van der Waals surface area contributed by atoms with Gasteiger partial charge in [-0.25, -0.2) is 4.39 Å². The maximum atomic E-state index is 13.3. The van der Waals surface area contributed by atoms with Crippen LogP contribution in [0.2, 0.25) is 0 Å². The summed E-state index contributed by atoms with van der Waals surface area (Å²) in [5.74, 6) is 0.689. The van der Waals surface area contributed by atoms with Gasteiger partial charge in [-0.05, 0) is 60.7 Å². The number of allylic oxidation sites excluding steroid dienone is 2. The van der Waals surface area contributed by atoms with Gasteiger partial charge in [-0.3, -0.25) is 5.32 Å². The summed E-state index contributed by atoms with van der Waals surface area (Å²) in [6.45, 7) is 3.64. The largest absolute Gasteiger partial charge is 0.496 e. The molecule has 4 nitrogen and oxygen atoms in total. The zero-order valence-corrected chi connectivity index (χ0v) is 16.3. The van der Waals surface area contributed by atoms with Crippen LogP contribution >= 0.6 is 0 Å². The molecule has 0 fully saturated rings. The Bertz CT molecular complexity index is 935. The molecule has 2 aromatic rings. The van der Waals surface area contributed by atoms with Crippen LogP contribution in [0.5, 0.6) is 5.75 Å². The van der Waals surface area contributed by atoms with Gasteiger partial charge >= 0.3 is 0 Å². The highest BCUT2D eigenvalue weighted by molar-refractivity contribution is 5.85. The predicted molar refractivity (Wildman–Crippen MR) is 112 cm³/mol. The molecule has 0 aromatic heterocycles.